The molecular formula is C18H34N2O5. The van der Waals surface area contributed by atoms with Crippen LogP contribution in [0.1, 0.15) is 61.3 Å². The van der Waals surface area contributed by atoms with Crippen molar-refractivity contribution in [3.05, 3.63) is 0 Å². The van der Waals surface area contributed by atoms with Crippen molar-refractivity contribution in [1.29, 1.82) is 0 Å². The first-order chi connectivity index (χ1) is 11.1. The van der Waals surface area contributed by atoms with Crippen LogP contribution in [0.5, 0.6) is 0 Å². The molecule has 7 heteroatoms. The molecule has 0 radical (unpaired) electrons. The van der Waals surface area contributed by atoms with Crippen LogP contribution in [0.4, 0.5) is 0 Å². The zero-order valence-electron chi connectivity index (χ0n) is 16.8. The van der Waals surface area contributed by atoms with E-state index in [0.717, 1.165) is 4.90 Å². The highest BCUT2D eigenvalue weighted by Gasteiger charge is 2.55. The summed E-state index contributed by atoms with van der Waals surface area (Å²) >= 11 is 0. The van der Waals surface area contributed by atoms with E-state index in [1.165, 1.54) is 7.05 Å². The topological polar surface area (TPSA) is 110 Å². The minimum Gasteiger partial charge on any atom is -0.479 e. The van der Waals surface area contributed by atoms with Crippen molar-refractivity contribution in [1.82, 2.24) is 4.90 Å². The van der Waals surface area contributed by atoms with Gasteiger partial charge in [-0.15, -0.1) is 0 Å². The van der Waals surface area contributed by atoms with Gasteiger partial charge in [-0.3, -0.25) is 4.79 Å². The number of hydrogen-bond donors (Lipinski definition) is 2. The Hall–Kier alpha value is -1.63. The highest BCUT2D eigenvalue weighted by atomic mass is 16.6. The smallest absolute Gasteiger partial charge is 0.344 e. The fraction of sp³-hybridized carbons (Fsp3) is 0.833. The molecule has 0 heterocycles. The molecule has 0 fully saturated rings. The summed E-state index contributed by atoms with van der Waals surface area (Å²) in [7, 11) is 1.31. The largest absolute Gasteiger partial charge is 0.479 e. The van der Waals surface area contributed by atoms with E-state index < -0.39 is 35.0 Å². The second-order valence-corrected chi connectivity index (χ2v) is 8.40. The van der Waals surface area contributed by atoms with Crippen LogP contribution in [0.25, 0.3) is 0 Å². The van der Waals surface area contributed by atoms with Gasteiger partial charge in [0, 0.05) is 7.05 Å². The third kappa shape index (κ3) is 6.30. The lowest BCUT2D eigenvalue weighted by molar-refractivity contribution is -0.183. The lowest BCUT2D eigenvalue weighted by Gasteiger charge is -2.39. The molecule has 25 heavy (non-hydrogen) atoms. The number of aliphatic carboxylic acids is 1. The highest BCUT2D eigenvalue weighted by Crippen LogP contribution is 2.29. The van der Waals surface area contributed by atoms with Crippen molar-refractivity contribution in [2.45, 2.75) is 78.5 Å². The molecule has 0 spiro atoms. The second kappa shape index (κ2) is 8.65. The van der Waals surface area contributed by atoms with Gasteiger partial charge < -0.3 is 20.5 Å². The maximum absolute atomic E-state index is 12.8. The SMILES string of the molecule is CC(C)C[C@H](N)C(=O)N(C)[C@@](CC(C)C)(C(=O)O)C(=O)OC(C)(C)C. The fourth-order valence-corrected chi connectivity index (χ4v) is 2.67. The van der Waals surface area contributed by atoms with E-state index in [1.54, 1.807) is 34.6 Å². The van der Waals surface area contributed by atoms with Gasteiger partial charge in [0.25, 0.3) is 0 Å². The molecule has 0 saturated carbocycles. The van der Waals surface area contributed by atoms with Crippen molar-refractivity contribution < 1.29 is 24.2 Å². The number of nitrogens with two attached hydrogens (primary N) is 1. The van der Waals surface area contributed by atoms with Gasteiger partial charge in [-0.05, 0) is 45.4 Å². The Morgan fingerprint density at radius 1 is 1.08 bits per heavy atom. The summed E-state index contributed by atoms with van der Waals surface area (Å²) in [5.41, 5.74) is 2.96. The number of likely N-dealkylation sites (N-methyl/N-ethyl adjacent to an activating group) is 1. The van der Waals surface area contributed by atoms with E-state index in [1.807, 2.05) is 13.8 Å². The number of hydrogen-bond acceptors (Lipinski definition) is 5. The third-order valence-corrected chi connectivity index (χ3v) is 3.74. The number of carbonyl (C=O) groups excluding carboxylic acids is 2. The van der Waals surface area contributed by atoms with Crippen LogP contribution in [0.2, 0.25) is 0 Å². The predicted molar refractivity (Wildman–Crippen MR) is 95.9 cm³/mol. The molecule has 0 aliphatic heterocycles. The predicted octanol–water partition coefficient (Wildman–Crippen LogP) is 2.03. The van der Waals surface area contributed by atoms with E-state index in [9.17, 15) is 19.5 Å². The quantitative estimate of drug-likeness (QED) is 0.507. The summed E-state index contributed by atoms with van der Waals surface area (Å²) < 4.78 is 5.34. The number of carbonyl (C=O) groups is 3. The van der Waals surface area contributed by atoms with E-state index in [4.69, 9.17) is 10.5 Å². The molecule has 0 aromatic carbocycles. The summed E-state index contributed by atoms with van der Waals surface area (Å²) in [6, 6.07) is -0.877. The molecule has 2 atom stereocenters. The molecule has 0 aromatic rings. The van der Waals surface area contributed by atoms with E-state index in [-0.39, 0.29) is 18.3 Å². The maximum Gasteiger partial charge on any atom is 0.344 e. The van der Waals surface area contributed by atoms with Gasteiger partial charge in [0.2, 0.25) is 11.4 Å². The van der Waals surface area contributed by atoms with Crippen LogP contribution in [0.3, 0.4) is 0 Å². The Morgan fingerprint density at radius 3 is 1.88 bits per heavy atom. The Bertz CT molecular complexity index is 496. The zero-order valence-corrected chi connectivity index (χ0v) is 16.8. The van der Waals surface area contributed by atoms with Gasteiger partial charge in [-0.1, -0.05) is 27.7 Å². The number of rotatable bonds is 8. The van der Waals surface area contributed by atoms with Gasteiger partial charge >= 0.3 is 11.9 Å². The Kier molecular flexibility index (Phi) is 8.08. The standard InChI is InChI=1S/C18H34N2O5/c1-11(2)9-13(19)14(21)20(8)18(15(22)23,10-12(3)4)16(24)25-17(5,6)7/h11-13H,9-10,19H2,1-8H3,(H,22,23)/t13-,18-/m0/s1. The van der Waals surface area contributed by atoms with Crippen molar-refractivity contribution in [2.75, 3.05) is 7.05 Å². The number of carboxylic acids is 1. The number of ether oxygens (including phenoxy) is 1. The molecule has 0 aliphatic rings. The van der Waals surface area contributed by atoms with Crippen molar-refractivity contribution in [3.63, 3.8) is 0 Å². The van der Waals surface area contributed by atoms with Crippen LogP contribution < -0.4 is 5.73 Å². The summed E-state index contributed by atoms with van der Waals surface area (Å²) in [5, 5.41) is 9.89. The molecule has 146 valence electrons. The van der Waals surface area contributed by atoms with Gasteiger partial charge in [0.15, 0.2) is 0 Å². The highest BCUT2D eigenvalue weighted by molar-refractivity contribution is 6.07. The molecule has 1 amide bonds. The molecule has 0 aliphatic carbocycles. The number of carboxylic acid groups (broad SMARTS) is 1. The average molecular weight is 358 g/mol. The van der Waals surface area contributed by atoms with E-state index in [2.05, 4.69) is 0 Å². The lowest BCUT2D eigenvalue weighted by Crippen LogP contribution is -2.65. The first-order valence-electron chi connectivity index (χ1n) is 8.65. The first-order valence-corrected chi connectivity index (χ1v) is 8.65. The molecule has 0 bridgehead atoms. The van der Waals surface area contributed by atoms with Crippen LogP contribution in [0.15, 0.2) is 0 Å². The van der Waals surface area contributed by atoms with Crippen molar-refractivity contribution in [2.24, 2.45) is 17.6 Å². The van der Waals surface area contributed by atoms with Crippen molar-refractivity contribution in [3.8, 4) is 0 Å². The monoisotopic (exact) mass is 358 g/mol. The molecular weight excluding hydrogens is 324 g/mol. The molecule has 3 N–H and O–H groups in total. The van der Waals surface area contributed by atoms with Gasteiger partial charge in [-0.25, -0.2) is 9.59 Å². The third-order valence-electron chi connectivity index (χ3n) is 3.74. The molecule has 0 unspecified atom stereocenters. The number of amides is 1. The molecule has 0 aromatic heterocycles. The summed E-state index contributed by atoms with van der Waals surface area (Å²) in [4.78, 5) is 38.6. The first kappa shape index (κ1) is 23.4. The van der Waals surface area contributed by atoms with Crippen LogP contribution in [0, 0.1) is 11.8 Å². The van der Waals surface area contributed by atoms with E-state index in [0.29, 0.717) is 6.42 Å². The Labute approximate surface area is 150 Å². The van der Waals surface area contributed by atoms with Crippen molar-refractivity contribution >= 4 is 17.8 Å². The van der Waals surface area contributed by atoms with Gasteiger partial charge in [0.05, 0.1) is 6.04 Å². The number of nitrogens with zero attached hydrogens (tertiary/aromatic N) is 1. The zero-order chi connectivity index (χ0) is 20.2. The van der Waals surface area contributed by atoms with Crippen LogP contribution in [-0.2, 0) is 19.1 Å². The summed E-state index contributed by atoms with van der Waals surface area (Å²) in [5.74, 6) is -2.93. The second-order valence-electron chi connectivity index (χ2n) is 8.40. The normalized spacial score (nSPS) is 15.6. The van der Waals surface area contributed by atoms with Crippen LogP contribution in [-0.4, -0.2) is 52.1 Å². The summed E-state index contributed by atoms with van der Waals surface area (Å²) in [6.45, 7) is 12.4. The Morgan fingerprint density at radius 2 is 1.56 bits per heavy atom. The molecule has 0 rings (SSSR count). The number of esters is 1. The molecule has 0 saturated heterocycles. The lowest BCUT2D eigenvalue weighted by atomic mass is 9.86. The average Bonchev–Trinajstić information content (AvgIpc) is 2.39. The fourth-order valence-electron chi connectivity index (χ4n) is 2.67. The maximum atomic E-state index is 12.8. The van der Waals surface area contributed by atoms with Gasteiger partial charge in [0.1, 0.15) is 5.60 Å². The minimum absolute atomic E-state index is 0.0616. The summed E-state index contributed by atoms with van der Waals surface area (Å²) in [6.07, 6.45) is 0.336. The molecule has 7 nitrogen and oxygen atoms in total. The Balaban J connectivity index is 5.97. The van der Waals surface area contributed by atoms with E-state index >= 15 is 0 Å². The van der Waals surface area contributed by atoms with Crippen LogP contribution >= 0.6 is 0 Å². The van der Waals surface area contributed by atoms with Gasteiger partial charge in [-0.2, -0.15) is 0 Å². The minimum atomic E-state index is -2.10.